The Kier molecular flexibility index (Phi) is 28.6. The molecule has 2 N–H and O–H groups in total. The zero-order valence-corrected chi connectivity index (χ0v) is 47.3. The van der Waals surface area contributed by atoms with E-state index in [0.717, 1.165) is 70.3 Å². The highest BCUT2D eigenvalue weighted by Crippen LogP contribution is 2.46. The van der Waals surface area contributed by atoms with Gasteiger partial charge >= 0.3 is 21.2 Å². The van der Waals surface area contributed by atoms with Crippen molar-refractivity contribution in [2.75, 3.05) is 39.8 Å². The molecule has 0 spiro atoms. The van der Waals surface area contributed by atoms with E-state index < -0.39 is 45.6 Å². The van der Waals surface area contributed by atoms with Gasteiger partial charge in [0.2, 0.25) is 0 Å². The summed E-state index contributed by atoms with van der Waals surface area (Å²) in [5.74, 6) is 0.0655. The lowest BCUT2D eigenvalue weighted by atomic mass is 10.0. The Labute approximate surface area is 432 Å². The Hall–Kier alpha value is -4.67. The van der Waals surface area contributed by atoms with Crippen LogP contribution in [0.3, 0.4) is 0 Å². The number of esters is 1. The Morgan fingerprint density at radius 2 is 0.889 bits per heavy atom. The lowest BCUT2D eigenvalue weighted by molar-refractivity contribution is -0.144. The molecule has 2 aliphatic rings. The maximum atomic E-state index is 12.8. The summed E-state index contributed by atoms with van der Waals surface area (Å²) in [7, 11) is -6.79. The van der Waals surface area contributed by atoms with E-state index in [4.69, 9.17) is 27.6 Å². The summed E-state index contributed by atoms with van der Waals surface area (Å²) >= 11 is 0. The first kappa shape index (κ1) is 63.4. The average molecular weight is 1030 g/mol. The van der Waals surface area contributed by atoms with E-state index in [1.807, 2.05) is 45.9 Å². The third-order valence-electron chi connectivity index (χ3n) is 11.8. The van der Waals surface area contributed by atoms with Crippen LogP contribution in [0.25, 0.3) is 0 Å². The number of aliphatic hydroxyl groups is 2. The number of cyclic esters (lactones) is 1. The maximum Gasteiger partial charge on any atom is 0.334 e. The first-order valence-electron chi connectivity index (χ1n) is 24.5. The summed E-state index contributed by atoms with van der Waals surface area (Å²) in [6.45, 7) is 30.0. The minimum absolute atomic E-state index is 0.146. The molecular formula is C59H84O11P2. The summed E-state index contributed by atoms with van der Waals surface area (Å²) in [5, 5.41) is 20.9. The molecule has 0 saturated heterocycles. The lowest BCUT2D eigenvalue weighted by Gasteiger charge is -2.22. The fourth-order valence-corrected chi connectivity index (χ4v) is 8.59. The van der Waals surface area contributed by atoms with Gasteiger partial charge in [-0.05, 0) is 125 Å². The molecule has 0 aliphatic carbocycles. The number of carbonyl (C=O) groups excluding carboxylic acids is 1. The molecule has 396 valence electrons. The number of allylic oxidation sites excluding steroid dienone is 25. The molecule has 0 radical (unpaired) electrons. The molecule has 2 rings (SSSR count). The Morgan fingerprint density at radius 3 is 1.24 bits per heavy atom. The number of ether oxygens (including phenoxy) is 2. The van der Waals surface area contributed by atoms with Gasteiger partial charge < -0.3 is 37.8 Å². The number of aliphatic hydroxyl groups excluding tert-OH is 2. The Bertz CT molecular complexity index is 2290. The molecule has 0 aromatic rings. The molecule has 2 heterocycles. The van der Waals surface area contributed by atoms with Crippen molar-refractivity contribution in [2.45, 2.75) is 133 Å². The molecule has 0 aromatic carbocycles. The largest absolute Gasteiger partial charge is 0.484 e. The van der Waals surface area contributed by atoms with Crippen LogP contribution >= 0.6 is 15.2 Å². The number of hydrogen-bond donors (Lipinski definition) is 2. The summed E-state index contributed by atoms with van der Waals surface area (Å²) in [4.78, 5) is 11.7. The fraction of sp³-hybridized carbons (Fsp3) is 0.441. The molecule has 6 atom stereocenters. The molecule has 72 heavy (non-hydrogen) atoms. The molecule has 0 amide bonds. The van der Waals surface area contributed by atoms with Gasteiger partial charge in [-0.3, -0.25) is 9.13 Å². The van der Waals surface area contributed by atoms with Gasteiger partial charge in [-0.1, -0.05) is 161 Å². The average Bonchev–Trinajstić information content (AvgIpc) is 3.73. The van der Waals surface area contributed by atoms with E-state index in [2.05, 4.69) is 139 Å². The van der Waals surface area contributed by atoms with Gasteiger partial charge in [0, 0.05) is 18.9 Å². The predicted octanol–water partition coefficient (Wildman–Crippen LogP) is 14.8. The Morgan fingerprint density at radius 1 is 0.542 bits per heavy atom. The zero-order valence-electron chi connectivity index (χ0n) is 45.5. The summed E-state index contributed by atoms with van der Waals surface area (Å²) in [6.07, 6.45) is 37.2. The van der Waals surface area contributed by atoms with Crippen molar-refractivity contribution < 1.29 is 51.7 Å². The van der Waals surface area contributed by atoms with E-state index in [1.165, 1.54) is 24.5 Å². The standard InChI is InChI=1S/C59H84O11P2/c1-42(26-18-28-44(3)30-20-32-46(5)34-22-36-48(7)38-65-71(14,63)67-40-55(60)57-51(10)50(9)54(13)69-57)24-16-17-25-43(2)27-19-29-45(4)31-21-33-47(6)35-23-37-49(8)39-66-72(15,64)68-41-56(61)58-52(11)53(12)59(62)70-58/h16-21,24-33,36-37,55-58,60-61H,13,22-23,34-35,38-41H2,1-12,14-15H3/b17-16+,26-18+,27-19+,30-20+,31-21+,42-24+,43-25+,44-28+,45-29+,46-32+,47-33+,48-36+,49-37+/t55-,56+,57-,58+,71?,72?/m0/s1. The van der Waals surface area contributed by atoms with Crippen molar-refractivity contribution in [3.05, 3.63) is 189 Å². The van der Waals surface area contributed by atoms with Crippen molar-refractivity contribution in [1.82, 2.24) is 0 Å². The monoisotopic (exact) mass is 1030 g/mol. The summed E-state index contributed by atoms with van der Waals surface area (Å²) in [5.41, 5.74) is 11.8. The van der Waals surface area contributed by atoms with Crippen molar-refractivity contribution in [2.24, 2.45) is 0 Å². The van der Waals surface area contributed by atoms with Crippen molar-refractivity contribution in [3.63, 3.8) is 0 Å². The highest BCUT2D eigenvalue weighted by Gasteiger charge is 2.35. The van der Waals surface area contributed by atoms with Crippen LogP contribution in [-0.4, -0.2) is 80.4 Å². The normalized spacial score (nSPS) is 21.4. The lowest BCUT2D eigenvalue weighted by Crippen LogP contribution is -2.32. The van der Waals surface area contributed by atoms with Gasteiger partial charge in [0.15, 0.2) is 6.10 Å². The van der Waals surface area contributed by atoms with Crippen LogP contribution in [0.15, 0.2) is 189 Å². The van der Waals surface area contributed by atoms with Crippen LogP contribution in [-0.2, 0) is 41.5 Å². The smallest absolute Gasteiger partial charge is 0.334 e. The molecule has 2 aliphatic heterocycles. The first-order valence-corrected chi connectivity index (χ1v) is 28.5. The topological polar surface area (TPSA) is 147 Å². The van der Waals surface area contributed by atoms with Crippen molar-refractivity contribution >= 4 is 21.2 Å². The molecule has 0 bridgehead atoms. The van der Waals surface area contributed by atoms with Crippen LogP contribution in [0.5, 0.6) is 0 Å². The third-order valence-corrected chi connectivity index (χ3v) is 14.2. The van der Waals surface area contributed by atoms with Crippen LogP contribution in [0.2, 0.25) is 0 Å². The van der Waals surface area contributed by atoms with E-state index in [1.54, 1.807) is 13.8 Å². The van der Waals surface area contributed by atoms with Gasteiger partial charge in [-0.2, -0.15) is 0 Å². The summed E-state index contributed by atoms with van der Waals surface area (Å²) in [6, 6.07) is 0. The molecule has 11 nitrogen and oxygen atoms in total. The Balaban J connectivity index is 1.69. The minimum Gasteiger partial charge on any atom is -0.484 e. The van der Waals surface area contributed by atoms with E-state index in [-0.39, 0.29) is 26.4 Å². The first-order chi connectivity index (χ1) is 33.8. The van der Waals surface area contributed by atoms with Gasteiger partial charge in [0.05, 0.1) is 26.4 Å². The van der Waals surface area contributed by atoms with Gasteiger partial charge in [-0.25, -0.2) is 4.79 Å². The van der Waals surface area contributed by atoms with Gasteiger partial charge in [0.25, 0.3) is 0 Å². The quantitative estimate of drug-likeness (QED) is 0.0307. The van der Waals surface area contributed by atoms with E-state index in [0.29, 0.717) is 16.9 Å². The van der Waals surface area contributed by atoms with Crippen molar-refractivity contribution in [3.8, 4) is 0 Å². The second-order valence-electron chi connectivity index (χ2n) is 18.9. The fourth-order valence-electron chi connectivity index (χ4n) is 6.72. The van der Waals surface area contributed by atoms with Gasteiger partial charge in [0.1, 0.15) is 24.1 Å². The molecule has 0 aromatic heterocycles. The number of rotatable bonds is 30. The molecule has 0 fully saturated rings. The maximum absolute atomic E-state index is 12.8. The van der Waals surface area contributed by atoms with E-state index >= 15 is 0 Å². The highest BCUT2D eigenvalue weighted by molar-refractivity contribution is 7.53. The van der Waals surface area contributed by atoms with Crippen molar-refractivity contribution in [1.29, 1.82) is 0 Å². The zero-order chi connectivity index (χ0) is 54.0. The third kappa shape index (κ3) is 25.8. The second-order valence-corrected chi connectivity index (χ2v) is 23.0. The number of hydrogen-bond acceptors (Lipinski definition) is 11. The SMILES string of the molecule is C=C1O[C@H]([C@@H](O)COP(C)(=O)OC/C(C)=C/CC/C(C)=C/C=C/C(C)=C/C=C/C(C)=C/C=C/C=C(C)/C=C/C=C(C)/C=C/C=C(\C)CC/C=C(\C)COP(C)(=O)OC[C@@H](O)[C@@H]2OC(=O)C(C)=C2C)C(C)=C1C. The molecule has 13 heteroatoms. The second kappa shape index (κ2) is 32.5. The molecule has 0 saturated carbocycles. The number of carbonyl (C=O) groups is 1. The van der Waals surface area contributed by atoms with Crippen LogP contribution in [0.1, 0.15) is 109 Å². The van der Waals surface area contributed by atoms with E-state index in [9.17, 15) is 24.1 Å². The minimum atomic E-state index is -3.43. The molecular weight excluding hydrogens is 947 g/mol. The van der Waals surface area contributed by atoms with Gasteiger partial charge in [-0.15, -0.1) is 0 Å². The summed E-state index contributed by atoms with van der Waals surface area (Å²) < 4.78 is 58.4. The highest BCUT2D eigenvalue weighted by atomic mass is 31.2. The van der Waals surface area contributed by atoms with Crippen LogP contribution in [0.4, 0.5) is 0 Å². The predicted molar refractivity (Wildman–Crippen MR) is 298 cm³/mol. The molecule has 2 unspecified atom stereocenters. The van der Waals surface area contributed by atoms with Crippen LogP contribution < -0.4 is 0 Å². The van der Waals surface area contributed by atoms with Crippen LogP contribution in [0, 0.1) is 0 Å².